The Morgan fingerprint density at radius 2 is 1.53 bits per heavy atom. The van der Waals surface area contributed by atoms with Gasteiger partial charge < -0.3 is 5.32 Å². The van der Waals surface area contributed by atoms with E-state index in [1.54, 1.807) is 67.6 Å². The Balaban J connectivity index is 1.60. The van der Waals surface area contributed by atoms with E-state index in [1.807, 2.05) is 0 Å². The van der Waals surface area contributed by atoms with Crippen molar-refractivity contribution in [3.8, 4) is 5.69 Å². The van der Waals surface area contributed by atoms with Gasteiger partial charge in [-0.1, -0.05) is 42.5 Å². The molecule has 0 spiro atoms. The van der Waals surface area contributed by atoms with Crippen LogP contribution < -0.4 is 10.0 Å². The van der Waals surface area contributed by atoms with Crippen molar-refractivity contribution >= 4 is 27.3 Å². The van der Waals surface area contributed by atoms with Crippen molar-refractivity contribution in [1.29, 1.82) is 0 Å². The van der Waals surface area contributed by atoms with Gasteiger partial charge in [0.25, 0.3) is 15.9 Å². The van der Waals surface area contributed by atoms with Crippen molar-refractivity contribution in [2.75, 3.05) is 10.0 Å². The van der Waals surface area contributed by atoms with E-state index in [9.17, 15) is 17.6 Å². The number of para-hydroxylation sites is 3. The summed E-state index contributed by atoms with van der Waals surface area (Å²) in [5.74, 6) is -0.970. The maximum Gasteiger partial charge on any atom is 0.261 e. The number of anilines is 2. The fourth-order valence-corrected chi connectivity index (χ4v) is 4.27. The molecule has 0 aliphatic carbocycles. The first kappa shape index (κ1) is 21.3. The lowest BCUT2D eigenvalue weighted by atomic mass is 10.2. The molecule has 0 radical (unpaired) electrons. The van der Waals surface area contributed by atoms with Crippen LogP contribution in [0.1, 0.15) is 16.1 Å². The van der Waals surface area contributed by atoms with Gasteiger partial charge in [-0.2, -0.15) is 5.10 Å². The van der Waals surface area contributed by atoms with Crippen molar-refractivity contribution in [2.24, 2.45) is 0 Å². The van der Waals surface area contributed by atoms with Gasteiger partial charge in [0, 0.05) is 0 Å². The quantitative estimate of drug-likeness (QED) is 0.456. The van der Waals surface area contributed by atoms with Gasteiger partial charge in [-0.3, -0.25) is 9.52 Å². The number of sulfonamides is 1. The first-order valence-electron chi connectivity index (χ1n) is 9.64. The molecule has 0 saturated heterocycles. The van der Waals surface area contributed by atoms with Gasteiger partial charge in [0.15, 0.2) is 0 Å². The molecule has 1 aromatic heterocycles. The number of nitrogens with one attached hydrogen (secondary N) is 2. The molecule has 7 nitrogen and oxygen atoms in total. The average Bonchev–Trinajstić information content (AvgIpc) is 3.17. The second-order valence-electron chi connectivity index (χ2n) is 6.93. The molecule has 0 aliphatic rings. The highest BCUT2D eigenvalue weighted by molar-refractivity contribution is 7.92. The number of carbonyl (C=O) groups excluding carboxylic acids is 1. The van der Waals surface area contributed by atoms with E-state index < -0.39 is 21.7 Å². The van der Waals surface area contributed by atoms with Crippen LogP contribution in [0.2, 0.25) is 0 Å². The van der Waals surface area contributed by atoms with Crippen LogP contribution >= 0.6 is 0 Å². The fourth-order valence-electron chi connectivity index (χ4n) is 3.17. The molecule has 162 valence electrons. The monoisotopic (exact) mass is 450 g/mol. The average molecular weight is 450 g/mol. The van der Waals surface area contributed by atoms with Gasteiger partial charge in [-0.15, -0.1) is 0 Å². The minimum absolute atomic E-state index is 0.100. The zero-order chi connectivity index (χ0) is 22.7. The highest BCUT2D eigenvalue weighted by Gasteiger charge is 2.20. The van der Waals surface area contributed by atoms with Crippen molar-refractivity contribution in [3.63, 3.8) is 0 Å². The zero-order valence-corrected chi connectivity index (χ0v) is 17.8. The van der Waals surface area contributed by atoms with E-state index in [-0.39, 0.29) is 27.5 Å². The summed E-state index contributed by atoms with van der Waals surface area (Å²) in [4.78, 5) is 13.0. The van der Waals surface area contributed by atoms with Crippen LogP contribution in [0, 0.1) is 12.7 Å². The maximum absolute atomic E-state index is 14.1. The summed E-state index contributed by atoms with van der Waals surface area (Å²) in [5.41, 5.74) is 1.38. The first-order chi connectivity index (χ1) is 15.4. The van der Waals surface area contributed by atoms with Crippen LogP contribution in [0.5, 0.6) is 0 Å². The van der Waals surface area contributed by atoms with Crippen molar-refractivity contribution in [3.05, 3.63) is 102 Å². The fraction of sp³-hybridized carbons (Fsp3) is 0.0435. The Kier molecular flexibility index (Phi) is 5.74. The summed E-state index contributed by atoms with van der Waals surface area (Å²) >= 11 is 0. The Bertz CT molecular complexity index is 1390. The lowest BCUT2D eigenvalue weighted by molar-refractivity contribution is 0.102. The third kappa shape index (κ3) is 4.23. The molecule has 2 N–H and O–H groups in total. The molecule has 3 aromatic carbocycles. The minimum Gasteiger partial charge on any atom is -0.320 e. The van der Waals surface area contributed by atoms with E-state index >= 15 is 0 Å². The molecule has 9 heteroatoms. The third-order valence-electron chi connectivity index (χ3n) is 4.81. The third-order valence-corrected chi connectivity index (χ3v) is 6.19. The molecule has 1 heterocycles. The zero-order valence-electron chi connectivity index (χ0n) is 17.0. The van der Waals surface area contributed by atoms with Crippen LogP contribution in [-0.4, -0.2) is 24.1 Å². The summed E-state index contributed by atoms with van der Waals surface area (Å²) in [6.07, 6.45) is 1.34. The molecular formula is C23H19FN4O3S. The lowest BCUT2D eigenvalue weighted by Gasteiger charge is -2.13. The maximum atomic E-state index is 14.1. The van der Waals surface area contributed by atoms with Gasteiger partial charge in [0.1, 0.15) is 11.5 Å². The number of hydrogen-bond acceptors (Lipinski definition) is 4. The van der Waals surface area contributed by atoms with Crippen LogP contribution in [-0.2, 0) is 10.0 Å². The molecule has 0 atom stereocenters. The van der Waals surface area contributed by atoms with Crippen molar-refractivity contribution in [2.45, 2.75) is 11.8 Å². The van der Waals surface area contributed by atoms with Crippen molar-refractivity contribution < 1.29 is 17.6 Å². The molecule has 0 bridgehead atoms. The molecule has 32 heavy (non-hydrogen) atoms. The number of benzene rings is 3. The summed E-state index contributed by atoms with van der Waals surface area (Å²) in [6.45, 7) is 1.65. The largest absolute Gasteiger partial charge is 0.320 e. The van der Waals surface area contributed by atoms with Gasteiger partial charge in [-0.25, -0.2) is 17.5 Å². The Hall–Kier alpha value is -3.98. The molecule has 4 rings (SSSR count). The highest BCUT2D eigenvalue weighted by Crippen LogP contribution is 2.26. The Morgan fingerprint density at radius 3 is 2.25 bits per heavy atom. The molecule has 0 fully saturated rings. The van der Waals surface area contributed by atoms with Crippen LogP contribution in [0.4, 0.5) is 15.8 Å². The van der Waals surface area contributed by atoms with Gasteiger partial charge >= 0.3 is 0 Å². The van der Waals surface area contributed by atoms with E-state index in [0.29, 0.717) is 5.69 Å². The Labute approximate surface area is 184 Å². The molecule has 4 aromatic rings. The van der Waals surface area contributed by atoms with Gasteiger partial charge in [-0.05, 0) is 43.3 Å². The van der Waals surface area contributed by atoms with Crippen LogP contribution in [0.15, 0.2) is 90.0 Å². The summed E-state index contributed by atoms with van der Waals surface area (Å²) in [6, 6.07) is 20.5. The van der Waals surface area contributed by atoms with Crippen LogP contribution in [0.3, 0.4) is 0 Å². The van der Waals surface area contributed by atoms with Crippen molar-refractivity contribution in [1.82, 2.24) is 9.78 Å². The standard InChI is InChI=1S/C23H19FN4O3S/c1-16-18(15-25-28(16)22-14-8-5-11-19(22)24)23(29)26-20-12-6-7-13-21(20)27-32(30,31)17-9-3-2-4-10-17/h2-15,27H,1H3,(H,26,29). The number of amides is 1. The van der Waals surface area contributed by atoms with E-state index in [0.717, 1.165) is 0 Å². The predicted molar refractivity (Wildman–Crippen MR) is 120 cm³/mol. The smallest absolute Gasteiger partial charge is 0.261 e. The van der Waals surface area contributed by atoms with Crippen LogP contribution in [0.25, 0.3) is 5.69 Å². The number of carbonyl (C=O) groups is 1. The molecule has 0 saturated carbocycles. The molecular weight excluding hydrogens is 431 g/mol. The molecule has 0 unspecified atom stereocenters. The first-order valence-corrected chi connectivity index (χ1v) is 11.1. The molecule has 1 amide bonds. The second-order valence-corrected chi connectivity index (χ2v) is 8.61. The lowest BCUT2D eigenvalue weighted by Crippen LogP contribution is -2.17. The predicted octanol–water partition coefficient (Wildman–Crippen LogP) is 4.37. The topological polar surface area (TPSA) is 93.1 Å². The number of aromatic nitrogens is 2. The SMILES string of the molecule is Cc1c(C(=O)Nc2ccccc2NS(=O)(=O)c2ccccc2)cnn1-c1ccccc1F. The summed E-state index contributed by atoms with van der Waals surface area (Å²) in [5, 5.41) is 6.84. The van der Waals surface area contributed by atoms with E-state index in [2.05, 4.69) is 15.1 Å². The number of hydrogen-bond donors (Lipinski definition) is 2. The Morgan fingerprint density at radius 1 is 0.906 bits per heavy atom. The van der Waals surface area contributed by atoms with Gasteiger partial charge in [0.2, 0.25) is 0 Å². The number of rotatable bonds is 6. The van der Waals surface area contributed by atoms with E-state index in [1.165, 1.54) is 29.1 Å². The summed E-state index contributed by atoms with van der Waals surface area (Å²) in [7, 11) is -3.84. The highest BCUT2D eigenvalue weighted by atomic mass is 32.2. The van der Waals surface area contributed by atoms with E-state index in [4.69, 9.17) is 0 Å². The number of nitrogens with zero attached hydrogens (tertiary/aromatic N) is 2. The normalized spacial score (nSPS) is 11.2. The summed E-state index contributed by atoms with van der Waals surface area (Å²) < 4.78 is 43.3. The number of halogens is 1. The van der Waals surface area contributed by atoms with Gasteiger partial charge in [0.05, 0.1) is 33.7 Å². The minimum atomic E-state index is -3.84. The second kappa shape index (κ2) is 8.64. The molecule has 0 aliphatic heterocycles.